The predicted octanol–water partition coefficient (Wildman–Crippen LogP) is 7.06. The lowest BCUT2D eigenvalue weighted by molar-refractivity contribution is -0.384. The SMILES string of the molecule is CCCCCCCCCCCCCCN1CCN(Cn2nc(-c3ccc([N+](=O)[O-])cc3)oc2=S)CC1. The number of nitro groups is 1. The van der Waals surface area contributed by atoms with Gasteiger partial charge in [-0.3, -0.25) is 15.0 Å². The number of non-ortho nitro benzene ring substituents is 1. The third kappa shape index (κ3) is 9.75. The maximum absolute atomic E-state index is 10.9. The Labute approximate surface area is 220 Å². The zero-order chi connectivity index (χ0) is 25.6. The molecule has 3 rings (SSSR count). The lowest BCUT2D eigenvalue weighted by atomic mass is 10.1. The molecule has 0 radical (unpaired) electrons. The Kier molecular flexibility index (Phi) is 12.6. The van der Waals surface area contributed by atoms with E-state index in [1.54, 1.807) is 16.8 Å². The summed E-state index contributed by atoms with van der Waals surface area (Å²) in [5, 5.41) is 15.4. The Morgan fingerprint density at radius 2 is 1.39 bits per heavy atom. The van der Waals surface area contributed by atoms with Crippen LogP contribution in [0.2, 0.25) is 0 Å². The van der Waals surface area contributed by atoms with Crippen molar-refractivity contribution in [1.29, 1.82) is 0 Å². The van der Waals surface area contributed by atoms with Crippen molar-refractivity contribution in [2.75, 3.05) is 32.7 Å². The number of benzene rings is 1. The normalized spacial score (nSPS) is 14.9. The fourth-order valence-corrected chi connectivity index (χ4v) is 4.94. The van der Waals surface area contributed by atoms with Crippen molar-refractivity contribution in [3.05, 3.63) is 39.2 Å². The Hall–Kier alpha value is -2.10. The summed E-state index contributed by atoms with van der Waals surface area (Å²) in [7, 11) is 0. The quantitative estimate of drug-likeness (QED) is 0.0961. The fourth-order valence-electron chi connectivity index (χ4n) is 4.76. The first-order valence-electron chi connectivity index (χ1n) is 13.8. The van der Waals surface area contributed by atoms with Gasteiger partial charge >= 0.3 is 0 Å². The van der Waals surface area contributed by atoms with Gasteiger partial charge in [-0.2, -0.15) is 0 Å². The third-order valence-electron chi connectivity index (χ3n) is 7.06. The molecule has 0 unspecified atom stereocenters. The Balaban J connectivity index is 1.26. The number of nitro benzene ring substituents is 1. The van der Waals surface area contributed by atoms with Gasteiger partial charge in [0.1, 0.15) is 0 Å². The first-order valence-corrected chi connectivity index (χ1v) is 14.2. The molecule has 1 aromatic carbocycles. The molecule has 0 aliphatic carbocycles. The second-order valence-electron chi connectivity index (χ2n) is 9.97. The molecule has 1 aliphatic heterocycles. The van der Waals surface area contributed by atoms with E-state index in [1.165, 1.54) is 95.7 Å². The molecule has 0 amide bonds. The van der Waals surface area contributed by atoms with Gasteiger partial charge in [-0.15, -0.1) is 5.10 Å². The highest BCUT2D eigenvalue weighted by molar-refractivity contribution is 7.71. The fraction of sp³-hybridized carbons (Fsp3) is 0.704. The van der Waals surface area contributed by atoms with Crippen molar-refractivity contribution in [2.45, 2.75) is 90.6 Å². The second-order valence-corrected chi connectivity index (χ2v) is 10.3. The summed E-state index contributed by atoms with van der Waals surface area (Å²) in [6.45, 7) is 8.18. The van der Waals surface area contributed by atoms with Crippen LogP contribution in [0.15, 0.2) is 28.7 Å². The highest BCUT2D eigenvalue weighted by Crippen LogP contribution is 2.21. The van der Waals surface area contributed by atoms with Gasteiger partial charge in [0.15, 0.2) is 0 Å². The molecule has 36 heavy (non-hydrogen) atoms. The molecule has 1 fully saturated rings. The van der Waals surface area contributed by atoms with E-state index in [-0.39, 0.29) is 5.69 Å². The van der Waals surface area contributed by atoms with Gasteiger partial charge in [0.05, 0.1) is 11.6 Å². The van der Waals surface area contributed by atoms with Crippen LogP contribution in [0.5, 0.6) is 0 Å². The van der Waals surface area contributed by atoms with Gasteiger partial charge in [-0.05, 0) is 37.3 Å². The van der Waals surface area contributed by atoms with Gasteiger partial charge in [0.2, 0.25) is 5.89 Å². The summed E-state index contributed by atoms with van der Waals surface area (Å²) < 4.78 is 7.35. The largest absolute Gasteiger partial charge is 0.409 e. The maximum atomic E-state index is 10.9. The number of hydrogen-bond donors (Lipinski definition) is 0. The molecule has 0 spiro atoms. The zero-order valence-electron chi connectivity index (χ0n) is 21.9. The van der Waals surface area contributed by atoms with Crippen molar-refractivity contribution in [1.82, 2.24) is 19.6 Å². The van der Waals surface area contributed by atoms with Crippen molar-refractivity contribution in [2.24, 2.45) is 0 Å². The molecule has 2 aromatic rings. The van der Waals surface area contributed by atoms with Crippen LogP contribution in [0.3, 0.4) is 0 Å². The molecule has 0 N–H and O–H groups in total. The van der Waals surface area contributed by atoms with Crippen LogP contribution in [0.25, 0.3) is 11.5 Å². The van der Waals surface area contributed by atoms with Gasteiger partial charge in [-0.25, -0.2) is 4.68 Å². The minimum Gasteiger partial charge on any atom is -0.409 e. The van der Waals surface area contributed by atoms with Crippen LogP contribution < -0.4 is 0 Å². The van der Waals surface area contributed by atoms with Crippen molar-refractivity contribution in [3.8, 4) is 11.5 Å². The predicted molar refractivity (Wildman–Crippen MR) is 147 cm³/mol. The van der Waals surface area contributed by atoms with Crippen LogP contribution in [0, 0.1) is 15.0 Å². The number of rotatable bonds is 17. The molecule has 200 valence electrons. The smallest absolute Gasteiger partial charge is 0.288 e. The van der Waals surface area contributed by atoms with Gasteiger partial charge in [0, 0.05) is 43.9 Å². The van der Waals surface area contributed by atoms with Crippen LogP contribution in [0.4, 0.5) is 5.69 Å². The standard InChI is InChI=1S/C27H43N5O3S/c1-2-3-4-5-6-7-8-9-10-11-12-13-18-29-19-21-30(22-20-29)23-31-27(36)35-26(28-31)24-14-16-25(17-15-24)32(33)34/h14-17H,2-13,18-23H2,1H3. The van der Waals surface area contributed by atoms with Crippen LogP contribution in [-0.2, 0) is 6.67 Å². The maximum Gasteiger partial charge on any atom is 0.288 e. The van der Waals surface area contributed by atoms with Crippen molar-refractivity contribution in [3.63, 3.8) is 0 Å². The molecule has 2 heterocycles. The summed E-state index contributed by atoms with van der Waals surface area (Å²) >= 11 is 5.36. The van der Waals surface area contributed by atoms with Crippen LogP contribution >= 0.6 is 12.2 Å². The van der Waals surface area contributed by atoms with Gasteiger partial charge in [-0.1, -0.05) is 77.6 Å². The van der Waals surface area contributed by atoms with E-state index in [0.717, 1.165) is 26.2 Å². The Morgan fingerprint density at radius 3 is 1.94 bits per heavy atom. The molecule has 1 aliphatic rings. The van der Waals surface area contributed by atoms with E-state index < -0.39 is 4.92 Å². The number of unbranched alkanes of at least 4 members (excludes halogenated alkanes) is 11. The Bertz CT molecular complexity index is 951. The second kappa shape index (κ2) is 15.9. The lowest BCUT2D eigenvalue weighted by Gasteiger charge is -2.34. The van der Waals surface area contributed by atoms with E-state index in [4.69, 9.17) is 16.6 Å². The van der Waals surface area contributed by atoms with E-state index in [0.29, 0.717) is 23.0 Å². The molecule has 0 bridgehead atoms. The van der Waals surface area contributed by atoms with E-state index in [2.05, 4.69) is 21.8 Å². The number of nitrogens with zero attached hydrogens (tertiary/aromatic N) is 5. The summed E-state index contributed by atoms with van der Waals surface area (Å²) in [6.07, 6.45) is 16.7. The first-order chi connectivity index (χ1) is 17.6. The monoisotopic (exact) mass is 517 g/mol. The summed E-state index contributed by atoms with van der Waals surface area (Å²) in [4.78, 5) is 15.7. The minimum absolute atomic E-state index is 0.0400. The summed E-state index contributed by atoms with van der Waals surface area (Å²) in [5.41, 5.74) is 0.718. The zero-order valence-corrected chi connectivity index (χ0v) is 22.7. The van der Waals surface area contributed by atoms with Crippen LogP contribution in [-0.4, -0.2) is 57.2 Å². The van der Waals surface area contributed by atoms with E-state index >= 15 is 0 Å². The number of hydrogen-bond acceptors (Lipinski definition) is 7. The minimum atomic E-state index is -0.421. The molecule has 9 heteroatoms. The summed E-state index contributed by atoms with van der Waals surface area (Å²) in [5.74, 6) is 0.389. The molecule has 0 saturated carbocycles. The number of aromatic nitrogens is 2. The molecule has 1 saturated heterocycles. The average molecular weight is 518 g/mol. The van der Waals surface area contributed by atoms with Crippen molar-refractivity contribution < 1.29 is 9.34 Å². The molecule has 8 nitrogen and oxygen atoms in total. The van der Waals surface area contributed by atoms with Crippen molar-refractivity contribution >= 4 is 17.9 Å². The van der Waals surface area contributed by atoms with Gasteiger partial charge < -0.3 is 9.32 Å². The first kappa shape index (κ1) is 28.5. The molecular formula is C27H43N5O3S. The molecular weight excluding hydrogens is 474 g/mol. The summed E-state index contributed by atoms with van der Waals surface area (Å²) in [6, 6.07) is 6.17. The molecule has 1 aromatic heterocycles. The number of piperazine rings is 1. The average Bonchev–Trinajstić information content (AvgIpc) is 3.25. The van der Waals surface area contributed by atoms with Crippen LogP contribution in [0.1, 0.15) is 84.0 Å². The molecule has 0 atom stereocenters. The van der Waals surface area contributed by atoms with E-state index in [9.17, 15) is 10.1 Å². The topological polar surface area (TPSA) is 80.6 Å². The highest BCUT2D eigenvalue weighted by atomic mass is 32.1. The highest BCUT2D eigenvalue weighted by Gasteiger charge is 2.18. The van der Waals surface area contributed by atoms with E-state index in [1.807, 2.05) is 0 Å². The lowest BCUT2D eigenvalue weighted by Crippen LogP contribution is -2.47. The third-order valence-corrected chi connectivity index (χ3v) is 7.35. The van der Waals surface area contributed by atoms with Gasteiger partial charge in [0.25, 0.3) is 10.5 Å². The Morgan fingerprint density at radius 1 is 0.861 bits per heavy atom.